The van der Waals surface area contributed by atoms with E-state index in [0.29, 0.717) is 5.02 Å². The lowest BCUT2D eigenvalue weighted by atomic mass is 10.3. The van der Waals surface area contributed by atoms with Crippen molar-refractivity contribution in [3.05, 3.63) is 23.2 Å². The van der Waals surface area contributed by atoms with Crippen LogP contribution in [-0.2, 0) is 19.9 Å². The minimum Gasteiger partial charge on any atom is -0.397 e. The smallest absolute Gasteiger partial charge is 0.247 e. The monoisotopic (exact) mass is 298 g/mol. The molecule has 3 N–H and O–H groups in total. The Morgan fingerprint density at radius 3 is 2.35 bits per heavy atom. The molecule has 6 nitrogen and oxygen atoms in total. The number of halogens is 1. The van der Waals surface area contributed by atoms with Gasteiger partial charge in [-0.2, -0.15) is 0 Å². The number of nitrogens with one attached hydrogen (secondary N) is 1. The van der Waals surface area contributed by atoms with Gasteiger partial charge in [0.1, 0.15) is 0 Å². The number of nitrogens with two attached hydrogens (primary N) is 1. The normalized spacial score (nSPS) is 12.4. The Labute approximate surface area is 105 Å². The zero-order chi connectivity index (χ0) is 13.3. The topological polar surface area (TPSA) is 106 Å². The third-order valence-electron chi connectivity index (χ3n) is 1.65. The van der Waals surface area contributed by atoms with Crippen molar-refractivity contribution in [2.75, 3.05) is 21.8 Å². The molecule has 0 aliphatic carbocycles. The maximum atomic E-state index is 11.5. The minimum absolute atomic E-state index is 0.0954. The molecule has 0 aliphatic rings. The van der Waals surface area contributed by atoms with Crippen LogP contribution < -0.4 is 10.5 Å². The van der Waals surface area contributed by atoms with Crippen molar-refractivity contribution in [3.63, 3.8) is 0 Å². The van der Waals surface area contributed by atoms with E-state index in [1.54, 1.807) is 0 Å². The number of nitrogen functional groups attached to an aromatic ring is 1. The van der Waals surface area contributed by atoms with Gasteiger partial charge in [-0.1, -0.05) is 11.6 Å². The second kappa shape index (κ2) is 4.71. The molecule has 0 atom stereocenters. The van der Waals surface area contributed by atoms with Gasteiger partial charge in [-0.25, -0.2) is 16.8 Å². The molecule has 0 aliphatic heterocycles. The number of benzene rings is 1. The largest absolute Gasteiger partial charge is 0.397 e. The van der Waals surface area contributed by atoms with Crippen LogP contribution in [0.15, 0.2) is 18.2 Å². The van der Waals surface area contributed by atoms with Gasteiger partial charge in [0.05, 0.1) is 11.4 Å². The van der Waals surface area contributed by atoms with Crippen molar-refractivity contribution in [3.8, 4) is 0 Å². The van der Waals surface area contributed by atoms with E-state index < -0.39 is 24.9 Å². The molecule has 0 spiro atoms. The van der Waals surface area contributed by atoms with Crippen LogP contribution in [0.3, 0.4) is 0 Å². The van der Waals surface area contributed by atoms with Crippen molar-refractivity contribution in [2.24, 2.45) is 0 Å². The molecule has 0 radical (unpaired) electrons. The number of sulfonamides is 1. The van der Waals surface area contributed by atoms with E-state index in [1.165, 1.54) is 18.2 Å². The molecule has 0 saturated carbocycles. The Hall–Kier alpha value is -0.990. The maximum absolute atomic E-state index is 11.5. The van der Waals surface area contributed by atoms with Gasteiger partial charge >= 0.3 is 0 Å². The molecular weight excluding hydrogens is 288 g/mol. The average molecular weight is 299 g/mol. The predicted molar refractivity (Wildman–Crippen MR) is 68.1 cm³/mol. The van der Waals surface area contributed by atoms with Gasteiger partial charge in [0, 0.05) is 11.3 Å². The lowest BCUT2D eigenvalue weighted by molar-refractivity contribution is 0.595. The van der Waals surface area contributed by atoms with Gasteiger partial charge in [-0.05, 0) is 18.2 Å². The van der Waals surface area contributed by atoms with Crippen LogP contribution in [0.5, 0.6) is 0 Å². The summed E-state index contributed by atoms with van der Waals surface area (Å²) in [5.41, 5.74) is 5.75. The Bertz CT molecular complexity index is 625. The highest BCUT2D eigenvalue weighted by molar-refractivity contribution is 8.08. The van der Waals surface area contributed by atoms with Crippen LogP contribution in [0.1, 0.15) is 0 Å². The third-order valence-corrected chi connectivity index (χ3v) is 5.37. The van der Waals surface area contributed by atoms with Crippen LogP contribution >= 0.6 is 11.6 Å². The summed E-state index contributed by atoms with van der Waals surface area (Å²) >= 11 is 5.64. The van der Waals surface area contributed by atoms with Gasteiger partial charge in [-0.15, -0.1) is 0 Å². The quantitative estimate of drug-likeness (QED) is 0.794. The first-order chi connectivity index (χ1) is 7.59. The van der Waals surface area contributed by atoms with Crippen molar-refractivity contribution >= 4 is 42.8 Å². The summed E-state index contributed by atoms with van der Waals surface area (Å²) < 4.78 is 46.8. The number of hydrogen-bond donors (Lipinski definition) is 2. The lowest BCUT2D eigenvalue weighted by Crippen LogP contribution is -2.22. The van der Waals surface area contributed by atoms with Gasteiger partial charge in [0.15, 0.2) is 14.9 Å². The van der Waals surface area contributed by atoms with Gasteiger partial charge < -0.3 is 5.73 Å². The number of rotatable bonds is 4. The Morgan fingerprint density at radius 2 is 1.88 bits per heavy atom. The van der Waals surface area contributed by atoms with E-state index in [2.05, 4.69) is 4.72 Å². The first kappa shape index (κ1) is 14.1. The highest BCUT2D eigenvalue weighted by Crippen LogP contribution is 2.23. The van der Waals surface area contributed by atoms with Crippen LogP contribution in [-0.4, -0.2) is 28.2 Å². The number of anilines is 2. The van der Waals surface area contributed by atoms with E-state index in [1.807, 2.05) is 0 Å². The average Bonchev–Trinajstić information content (AvgIpc) is 2.05. The summed E-state index contributed by atoms with van der Waals surface area (Å²) in [5.74, 6) is 0. The molecule has 0 saturated heterocycles. The molecule has 1 aromatic carbocycles. The van der Waals surface area contributed by atoms with Gasteiger partial charge in [0.25, 0.3) is 0 Å². The molecule has 1 aromatic rings. The summed E-state index contributed by atoms with van der Waals surface area (Å²) in [4.78, 5) is 0. The number of hydrogen-bond acceptors (Lipinski definition) is 5. The van der Waals surface area contributed by atoms with Crippen molar-refractivity contribution in [1.82, 2.24) is 0 Å². The van der Waals surface area contributed by atoms with Crippen LogP contribution in [0.4, 0.5) is 11.4 Å². The van der Waals surface area contributed by atoms with E-state index in [4.69, 9.17) is 17.3 Å². The van der Waals surface area contributed by atoms with E-state index >= 15 is 0 Å². The second-order valence-corrected chi connectivity index (χ2v) is 8.16. The molecule has 0 heterocycles. The fourth-order valence-corrected chi connectivity index (χ4v) is 4.30. The zero-order valence-corrected chi connectivity index (χ0v) is 11.2. The first-order valence-corrected chi connectivity index (χ1v) is 8.41. The fraction of sp³-hybridized carbons (Fsp3) is 0.250. The standard InChI is InChI=1S/C8H11ClN2O4S2/c1-16(12,13)5-17(14,15)11-8-3-2-6(9)4-7(8)10/h2-4,11H,5,10H2,1H3. The molecule has 0 unspecified atom stereocenters. The highest BCUT2D eigenvalue weighted by atomic mass is 35.5. The first-order valence-electron chi connectivity index (χ1n) is 4.32. The Morgan fingerprint density at radius 1 is 1.29 bits per heavy atom. The molecule has 0 bridgehead atoms. The molecular formula is C8H11ClN2O4S2. The van der Waals surface area contributed by atoms with Crippen LogP contribution in [0.2, 0.25) is 5.02 Å². The molecule has 0 aromatic heterocycles. The van der Waals surface area contributed by atoms with E-state index in [9.17, 15) is 16.8 Å². The fourth-order valence-electron chi connectivity index (χ4n) is 1.11. The summed E-state index contributed by atoms with van der Waals surface area (Å²) in [6, 6.07) is 4.16. The van der Waals surface area contributed by atoms with Crippen molar-refractivity contribution in [1.29, 1.82) is 0 Å². The molecule has 1 rings (SSSR count). The Balaban J connectivity index is 2.99. The van der Waals surface area contributed by atoms with Gasteiger partial charge in [-0.3, -0.25) is 4.72 Å². The molecule has 96 valence electrons. The Kier molecular flexibility index (Phi) is 3.90. The summed E-state index contributed by atoms with van der Waals surface area (Å²) in [5, 5.41) is -0.643. The van der Waals surface area contributed by atoms with Gasteiger partial charge in [0.2, 0.25) is 10.0 Å². The summed E-state index contributed by atoms with van der Waals surface area (Å²) in [7, 11) is -7.63. The minimum atomic E-state index is -3.99. The predicted octanol–water partition coefficient (Wildman–Crippen LogP) is 0.666. The molecule has 17 heavy (non-hydrogen) atoms. The maximum Gasteiger partial charge on any atom is 0.247 e. The molecule has 9 heteroatoms. The SMILES string of the molecule is CS(=O)(=O)CS(=O)(=O)Nc1ccc(Cl)cc1N. The zero-order valence-electron chi connectivity index (χ0n) is 8.84. The van der Waals surface area contributed by atoms with Crippen LogP contribution in [0.25, 0.3) is 0 Å². The van der Waals surface area contributed by atoms with E-state index in [0.717, 1.165) is 6.26 Å². The summed E-state index contributed by atoms with van der Waals surface area (Å²) in [6.07, 6.45) is 0.831. The molecule has 0 fully saturated rings. The van der Waals surface area contributed by atoms with Crippen molar-refractivity contribution in [2.45, 2.75) is 0 Å². The number of sulfone groups is 1. The highest BCUT2D eigenvalue weighted by Gasteiger charge is 2.18. The second-order valence-electron chi connectivity index (χ2n) is 3.49. The lowest BCUT2D eigenvalue weighted by Gasteiger charge is -2.09. The summed E-state index contributed by atoms with van der Waals surface area (Å²) in [6.45, 7) is 0. The molecule has 0 amide bonds. The van der Waals surface area contributed by atoms with Crippen molar-refractivity contribution < 1.29 is 16.8 Å². The van der Waals surface area contributed by atoms with Crippen LogP contribution in [0, 0.1) is 0 Å². The van der Waals surface area contributed by atoms with E-state index in [-0.39, 0.29) is 11.4 Å². The third kappa shape index (κ3) is 4.80.